The lowest BCUT2D eigenvalue weighted by Crippen LogP contribution is -2.37. The van der Waals surface area contributed by atoms with E-state index < -0.39 is 5.69 Å². The molecule has 37 heavy (non-hydrogen) atoms. The van der Waals surface area contributed by atoms with Gasteiger partial charge in [0.15, 0.2) is 16.3 Å². The van der Waals surface area contributed by atoms with Crippen molar-refractivity contribution < 1.29 is 0 Å². The van der Waals surface area contributed by atoms with Crippen LogP contribution < -0.4 is 11.2 Å². The molecular weight excluding hydrogens is 488 g/mol. The van der Waals surface area contributed by atoms with Crippen LogP contribution in [0, 0.1) is 0 Å². The number of pyridine rings is 1. The molecule has 0 radical (unpaired) electrons. The Hall–Kier alpha value is -4.51. The van der Waals surface area contributed by atoms with Crippen molar-refractivity contribution in [2.75, 3.05) is 0 Å². The Labute approximate surface area is 214 Å². The highest BCUT2D eigenvalue weighted by Gasteiger charge is 2.20. The molecule has 0 saturated heterocycles. The van der Waals surface area contributed by atoms with Crippen LogP contribution in [0.5, 0.6) is 0 Å². The van der Waals surface area contributed by atoms with Gasteiger partial charge in [-0.1, -0.05) is 47.3 Å². The zero-order valence-corrected chi connectivity index (χ0v) is 21.0. The topological polar surface area (TPSA) is 105 Å². The van der Waals surface area contributed by atoms with Crippen LogP contribution in [0.4, 0.5) is 0 Å². The predicted molar refractivity (Wildman–Crippen MR) is 142 cm³/mol. The van der Waals surface area contributed by atoms with Crippen molar-refractivity contribution in [1.29, 1.82) is 0 Å². The number of aromatic nitrogens is 8. The van der Waals surface area contributed by atoms with Gasteiger partial charge in [0.25, 0.3) is 5.56 Å². The summed E-state index contributed by atoms with van der Waals surface area (Å²) in [6, 6.07) is 21.5. The first-order valence-electron chi connectivity index (χ1n) is 11.6. The number of fused-ring (bicyclic) bond motifs is 2. The third-order valence-corrected chi connectivity index (χ3v) is 7.25. The highest BCUT2D eigenvalue weighted by atomic mass is 32.2. The molecule has 0 aliphatic carbocycles. The highest BCUT2D eigenvalue weighted by Crippen LogP contribution is 2.26. The molecule has 0 aliphatic rings. The Balaban J connectivity index is 1.45. The van der Waals surface area contributed by atoms with E-state index in [1.54, 1.807) is 17.9 Å². The van der Waals surface area contributed by atoms with Crippen LogP contribution in [-0.4, -0.2) is 38.7 Å². The molecule has 0 unspecified atom stereocenters. The van der Waals surface area contributed by atoms with E-state index in [1.165, 1.54) is 23.4 Å². The van der Waals surface area contributed by atoms with Gasteiger partial charge >= 0.3 is 5.69 Å². The molecule has 184 valence electrons. The first-order chi connectivity index (χ1) is 18.0. The minimum absolute atomic E-state index is 0.357. The van der Waals surface area contributed by atoms with E-state index >= 15 is 0 Å². The lowest BCUT2D eigenvalue weighted by atomic mass is 10.2. The lowest BCUT2D eigenvalue weighted by molar-refractivity contribution is 0.696. The van der Waals surface area contributed by atoms with E-state index in [9.17, 15) is 9.59 Å². The van der Waals surface area contributed by atoms with Gasteiger partial charge in [0.1, 0.15) is 5.52 Å². The Morgan fingerprint density at radius 1 is 0.919 bits per heavy atom. The fourth-order valence-corrected chi connectivity index (χ4v) is 5.24. The number of imidazole rings is 1. The summed E-state index contributed by atoms with van der Waals surface area (Å²) >= 11 is 1.48. The maximum atomic E-state index is 13.2. The Morgan fingerprint density at radius 2 is 1.76 bits per heavy atom. The Bertz CT molecular complexity index is 1880. The predicted octanol–water partition coefficient (Wildman–Crippen LogP) is 2.90. The van der Waals surface area contributed by atoms with Gasteiger partial charge in [-0.2, -0.15) is 0 Å². The standard InChI is InChI=1S/C26H22N8O2S/c1-31-23-22(24(35)32(2)26(31)36)33(25(28-23)37-16-18-9-5-6-13-27-18)15-17-8-7-10-19(14-17)34-21-12-4-3-11-20(21)29-30-34/h3-14H,15-16H2,1-2H3. The average Bonchev–Trinajstić information content (AvgIpc) is 3.52. The van der Waals surface area contributed by atoms with Crippen LogP contribution in [0.25, 0.3) is 27.9 Å². The van der Waals surface area contributed by atoms with Gasteiger partial charge in [-0.3, -0.25) is 18.9 Å². The summed E-state index contributed by atoms with van der Waals surface area (Å²) in [5.41, 5.74) is 4.37. The number of hydrogen-bond acceptors (Lipinski definition) is 7. The van der Waals surface area contributed by atoms with Gasteiger partial charge in [-0.15, -0.1) is 5.10 Å². The second kappa shape index (κ2) is 9.17. The maximum Gasteiger partial charge on any atom is 0.332 e. The van der Waals surface area contributed by atoms with Gasteiger partial charge in [-0.05, 0) is 42.0 Å². The van der Waals surface area contributed by atoms with Crippen molar-refractivity contribution in [3.05, 3.63) is 105 Å². The Morgan fingerprint density at radius 3 is 2.59 bits per heavy atom. The Kier molecular flexibility index (Phi) is 5.68. The third kappa shape index (κ3) is 4.02. The van der Waals surface area contributed by atoms with Gasteiger partial charge in [-0.25, -0.2) is 14.5 Å². The molecule has 6 rings (SSSR count). The zero-order valence-electron chi connectivity index (χ0n) is 20.1. The molecule has 0 fully saturated rings. The van der Waals surface area contributed by atoms with Gasteiger partial charge in [0.2, 0.25) is 0 Å². The lowest BCUT2D eigenvalue weighted by Gasteiger charge is -2.11. The summed E-state index contributed by atoms with van der Waals surface area (Å²) in [6.07, 6.45) is 1.75. The van der Waals surface area contributed by atoms with Crippen LogP contribution >= 0.6 is 11.8 Å². The molecular formula is C26H22N8O2S. The van der Waals surface area contributed by atoms with Crippen LogP contribution in [-0.2, 0) is 26.4 Å². The summed E-state index contributed by atoms with van der Waals surface area (Å²) in [5, 5.41) is 9.22. The summed E-state index contributed by atoms with van der Waals surface area (Å²) < 4.78 is 6.20. The third-order valence-electron chi connectivity index (χ3n) is 6.24. The first-order valence-corrected chi connectivity index (χ1v) is 12.6. The molecule has 0 atom stereocenters. The minimum Gasteiger partial charge on any atom is -0.309 e. The molecule has 6 aromatic rings. The van der Waals surface area contributed by atoms with Gasteiger partial charge in [0.05, 0.1) is 23.4 Å². The van der Waals surface area contributed by atoms with Crippen molar-refractivity contribution in [3.8, 4) is 5.69 Å². The van der Waals surface area contributed by atoms with Crippen molar-refractivity contribution in [2.45, 2.75) is 17.5 Å². The monoisotopic (exact) mass is 510 g/mol. The second-order valence-corrected chi connectivity index (χ2v) is 9.57. The maximum absolute atomic E-state index is 13.2. The smallest absolute Gasteiger partial charge is 0.309 e. The van der Waals surface area contributed by atoms with Crippen LogP contribution in [0.1, 0.15) is 11.3 Å². The second-order valence-electron chi connectivity index (χ2n) is 8.63. The molecule has 0 amide bonds. The van der Waals surface area contributed by atoms with E-state index in [2.05, 4.69) is 15.3 Å². The fourth-order valence-electron chi connectivity index (χ4n) is 4.33. The highest BCUT2D eigenvalue weighted by molar-refractivity contribution is 7.98. The van der Waals surface area contributed by atoms with Crippen molar-refractivity contribution in [1.82, 2.24) is 38.7 Å². The number of para-hydroxylation sites is 1. The van der Waals surface area contributed by atoms with Gasteiger partial charge in [0, 0.05) is 26.0 Å². The van der Waals surface area contributed by atoms with Crippen LogP contribution in [0.2, 0.25) is 0 Å². The van der Waals surface area contributed by atoms with E-state index in [0.29, 0.717) is 28.6 Å². The molecule has 0 saturated carbocycles. The molecule has 0 spiro atoms. The molecule has 10 nitrogen and oxygen atoms in total. The molecule has 2 aromatic carbocycles. The quantitative estimate of drug-likeness (QED) is 0.317. The molecule has 4 aromatic heterocycles. The van der Waals surface area contributed by atoms with E-state index in [1.807, 2.05) is 71.3 Å². The number of hydrogen-bond donors (Lipinski definition) is 0. The molecule has 0 bridgehead atoms. The van der Waals surface area contributed by atoms with E-state index in [-0.39, 0.29) is 5.56 Å². The molecule has 0 aliphatic heterocycles. The normalized spacial score (nSPS) is 11.5. The summed E-state index contributed by atoms with van der Waals surface area (Å²) in [7, 11) is 3.11. The van der Waals surface area contributed by atoms with Crippen molar-refractivity contribution >= 4 is 34.0 Å². The number of nitrogens with zero attached hydrogens (tertiary/aromatic N) is 8. The number of benzene rings is 2. The SMILES string of the molecule is Cn1c(=O)c2c(nc(SCc3ccccn3)n2Cc2cccc(-n3nnc4ccccc43)c2)n(C)c1=O. The minimum atomic E-state index is -0.413. The number of rotatable bonds is 6. The van der Waals surface area contributed by atoms with Crippen LogP contribution in [0.3, 0.4) is 0 Å². The van der Waals surface area contributed by atoms with Gasteiger partial charge < -0.3 is 4.57 Å². The number of thioether (sulfide) groups is 1. The van der Waals surface area contributed by atoms with Crippen molar-refractivity contribution in [3.63, 3.8) is 0 Å². The molecule has 4 heterocycles. The van der Waals surface area contributed by atoms with E-state index in [0.717, 1.165) is 32.5 Å². The molecule has 11 heteroatoms. The summed E-state index contributed by atoms with van der Waals surface area (Å²) in [5.74, 6) is 0.573. The largest absolute Gasteiger partial charge is 0.332 e. The zero-order chi connectivity index (χ0) is 25.5. The van der Waals surface area contributed by atoms with Crippen molar-refractivity contribution in [2.24, 2.45) is 14.1 Å². The molecule has 0 N–H and O–H groups in total. The van der Waals surface area contributed by atoms with Crippen LogP contribution in [0.15, 0.2) is 87.7 Å². The number of aryl methyl sites for hydroxylation is 1. The first kappa shape index (κ1) is 22.9. The summed E-state index contributed by atoms with van der Waals surface area (Å²) in [6.45, 7) is 0.384. The fraction of sp³-hybridized carbons (Fsp3) is 0.154. The summed E-state index contributed by atoms with van der Waals surface area (Å²) in [4.78, 5) is 34.9. The van der Waals surface area contributed by atoms with E-state index in [4.69, 9.17) is 4.98 Å². The average molecular weight is 511 g/mol.